The number of benzene rings is 1. The van der Waals surface area contributed by atoms with Crippen LogP contribution < -0.4 is 11.1 Å². The van der Waals surface area contributed by atoms with E-state index in [4.69, 9.17) is 5.73 Å². The first-order chi connectivity index (χ1) is 9.06. The van der Waals surface area contributed by atoms with Gasteiger partial charge in [0.05, 0.1) is 11.9 Å². The van der Waals surface area contributed by atoms with E-state index in [-0.39, 0.29) is 18.0 Å². The van der Waals surface area contributed by atoms with Crippen molar-refractivity contribution in [3.05, 3.63) is 36.2 Å². The highest BCUT2D eigenvalue weighted by atomic mass is 16.3. The monoisotopic (exact) mass is 262 g/mol. The van der Waals surface area contributed by atoms with Crippen LogP contribution in [0.3, 0.4) is 0 Å². The summed E-state index contributed by atoms with van der Waals surface area (Å²) >= 11 is 0. The smallest absolute Gasteiger partial charge is 0.239 e. The minimum atomic E-state index is -0.472. The molecule has 5 N–H and O–H groups in total. The van der Waals surface area contributed by atoms with E-state index >= 15 is 0 Å². The summed E-state index contributed by atoms with van der Waals surface area (Å²) in [5.74, 6) is -0.788. The molecule has 7 nitrogen and oxygen atoms in total. The van der Waals surface area contributed by atoms with Crippen LogP contribution in [0.5, 0.6) is 11.5 Å². The summed E-state index contributed by atoms with van der Waals surface area (Å²) < 4.78 is 1.41. The molecule has 2 aromatic rings. The van der Waals surface area contributed by atoms with Gasteiger partial charge in [-0.15, -0.1) is 0 Å². The predicted octanol–water partition coefficient (Wildman–Crippen LogP) is 0.392. The molecule has 0 unspecified atom stereocenters. The third kappa shape index (κ3) is 3.15. The Morgan fingerprint density at radius 2 is 2.21 bits per heavy atom. The molecule has 100 valence electrons. The zero-order chi connectivity index (χ0) is 13.8. The van der Waals surface area contributed by atoms with E-state index in [0.717, 1.165) is 0 Å². The number of para-hydroxylation sites is 1. The molecule has 1 aromatic heterocycles. The van der Waals surface area contributed by atoms with Crippen LogP contribution in [0.2, 0.25) is 0 Å². The molecule has 7 heteroatoms. The molecule has 0 fully saturated rings. The molecule has 0 saturated heterocycles. The number of anilines is 1. The van der Waals surface area contributed by atoms with Crippen molar-refractivity contribution in [1.82, 2.24) is 9.78 Å². The Morgan fingerprint density at radius 1 is 1.42 bits per heavy atom. The average Bonchev–Trinajstić information content (AvgIpc) is 2.78. The highest BCUT2D eigenvalue weighted by Crippen LogP contribution is 2.28. The van der Waals surface area contributed by atoms with E-state index in [1.807, 2.05) is 0 Å². The molecule has 0 aliphatic rings. The topological polar surface area (TPSA) is 113 Å². The SMILES string of the molecule is NC(=O)Cn1cc(NCc2cccc(O)c2O)cn1. The second kappa shape index (κ2) is 5.30. The lowest BCUT2D eigenvalue weighted by Gasteiger charge is -2.07. The lowest BCUT2D eigenvalue weighted by atomic mass is 10.2. The predicted molar refractivity (Wildman–Crippen MR) is 68.5 cm³/mol. The third-order valence-corrected chi connectivity index (χ3v) is 2.53. The van der Waals surface area contributed by atoms with Crippen molar-refractivity contribution in [2.24, 2.45) is 5.73 Å². The molecular weight excluding hydrogens is 248 g/mol. The molecular formula is C12H14N4O3. The number of nitrogens with two attached hydrogens (primary N) is 1. The fraction of sp³-hybridized carbons (Fsp3) is 0.167. The van der Waals surface area contributed by atoms with Gasteiger partial charge in [-0.1, -0.05) is 12.1 Å². The van der Waals surface area contributed by atoms with Crippen molar-refractivity contribution in [3.8, 4) is 11.5 Å². The maximum atomic E-state index is 10.7. The Kier molecular flexibility index (Phi) is 3.56. The van der Waals surface area contributed by atoms with E-state index in [2.05, 4.69) is 10.4 Å². The summed E-state index contributed by atoms with van der Waals surface area (Å²) in [6, 6.07) is 4.74. The number of nitrogens with zero attached hydrogens (tertiary/aromatic N) is 2. The first-order valence-electron chi connectivity index (χ1n) is 5.60. The van der Waals surface area contributed by atoms with Crippen LogP contribution in [0.1, 0.15) is 5.56 Å². The first-order valence-corrected chi connectivity index (χ1v) is 5.60. The van der Waals surface area contributed by atoms with Gasteiger partial charge in [0.15, 0.2) is 11.5 Å². The number of carbonyl (C=O) groups is 1. The number of nitrogens with one attached hydrogen (secondary N) is 1. The molecule has 19 heavy (non-hydrogen) atoms. The molecule has 0 aliphatic heterocycles. The number of carbonyl (C=O) groups excluding carboxylic acids is 1. The number of primary amides is 1. The zero-order valence-corrected chi connectivity index (χ0v) is 10.1. The van der Waals surface area contributed by atoms with Gasteiger partial charge in [-0.2, -0.15) is 5.10 Å². The first kappa shape index (κ1) is 12.7. The van der Waals surface area contributed by atoms with E-state index in [0.29, 0.717) is 17.8 Å². The van der Waals surface area contributed by atoms with Gasteiger partial charge >= 0.3 is 0 Å². The van der Waals surface area contributed by atoms with Crippen molar-refractivity contribution in [1.29, 1.82) is 0 Å². The summed E-state index contributed by atoms with van der Waals surface area (Å²) in [5, 5.41) is 25.9. The maximum Gasteiger partial charge on any atom is 0.239 e. The van der Waals surface area contributed by atoms with Gasteiger partial charge in [-0.25, -0.2) is 0 Å². The van der Waals surface area contributed by atoms with Crippen molar-refractivity contribution >= 4 is 11.6 Å². The van der Waals surface area contributed by atoms with Gasteiger partial charge in [0.1, 0.15) is 6.54 Å². The fourth-order valence-electron chi connectivity index (χ4n) is 1.62. The molecule has 0 spiro atoms. The lowest BCUT2D eigenvalue weighted by Crippen LogP contribution is -2.18. The molecule has 0 bridgehead atoms. The van der Waals surface area contributed by atoms with Gasteiger partial charge < -0.3 is 21.3 Å². The Bertz CT molecular complexity index is 594. The van der Waals surface area contributed by atoms with Crippen LogP contribution in [0.25, 0.3) is 0 Å². The van der Waals surface area contributed by atoms with Crippen LogP contribution in [0.15, 0.2) is 30.6 Å². The number of aromatic hydroxyl groups is 2. The Morgan fingerprint density at radius 3 is 2.95 bits per heavy atom. The van der Waals surface area contributed by atoms with Crippen LogP contribution in [0, 0.1) is 0 Å². The summed E-state index contributed by atoms with van der Waals surface area (Å²) in [6.45, 7) is 0.335. The van der Waals surface area contributed by atoms with Crippen molar-refractivity contribution in [3.63, 3.8) is 0 Å². The van der Waals surface area contributed by atoms with E-state index in [1.165, 1.54) is 10.7 Å². The Balaban J connectivity index is 2.00. The molecule has 1 aromatic carbocycles. The highest BCUT2D eigenvalue weighted by molar-refractivity contribution is 5.73. The van der Waals surface area contributed by atoms with Gasteiger partial charge in [-0.05, 0) is 6.07 Å². The van der Waals surface area contributed by atoms with Crippen LogP contribution in [-0.4, -0.2) is 25.9 Å². The summed E-state index contributed by atoms with van der Waals surface area (Å²) in [5.41, 5.74) is 6.30. The van der Waals surface area contributed by atoms with Gasteiger partial charge in [0.2, 0.25) is 5.91 Å². The number of aromatic nitrogens is 2. The highest BCUT2D eigenvalue weighted by Gasteiger charge is 2.06. The lowest BCUT2D eigenvalue weighted by molar-refractivity contribution is -0.118. The Labute approximate surface area is 109 Å². The van der Waals surface area contributed by atoms with Crippen molar-refractivity contribution in [2.75, 3.05) is 5.32 Å². The minimum Gasteiger partial charge on any atom is -0.504 e. The zero-order valence-electron chi connectivity index (χ0n) is 10.1. The normalized spacial score (nSPS) is 10.3. The molecule has 1 amide bonds. The number of hydrogen-bond acceptors (Lipinski definition) is 5. The van der Waals surface area contributed by atoms with Gasteiger partial charge in [0.25, 0.3) is 0 Å². The number of hydrogen-bond donors (Lipinski definition) is 4. The van der Waals surface area contributed by atoms with Crippen molar-refractivity contribution in [2.45, 2.75) is 13.1 Å². The van der Waals surface area contributed by atoms with Crippen LogP contribution in [-0.2, 0) is 17.9 Å². The second-order valence-electron chi connectivity index (χ2n) is 4.03. The van der Waals surface area contributed by atoms with E-state index in [1.54, 1.807) is 24.5 Å². The van der Waals surface area contributed by atoms with Crippen molar-refractivity contribution < 1.29 is 15.0 Å². The number of rotatable bonds is 5. The van der Waals surface area contributed by atoms with Gasteiger partial charge in [0, 0.05) is 18.3 Å². The van der Waals surface area contributed by atoms with E-state index < -0.39 is 5.91 Å². The quantitative estimate of drug-likeness (QED) is 0.582. The fourth-order valence-corrected chi connectivity index (χ4v) is 1.62. The summed E-state index contributed by atoms with van der Waals surface area (Å²) in [4.78, 5) is 10.7. The largest absolute Gasteiger partial charge is 0.504 e. The van der Waals surface area contributed by atoms with Crippen LogP contribution >= 0.6 is 0 Å². The van der Waals surface area contributed by atoms with Gasteiger partial charge in [-0.3, -0.25) is 9.48 Å². The third-order valence-electron chi connectivity index (χ3n) is 2.53. The van der Waals surface area contributed by atoms with Crippen LogP contribution in [0.4, 0.5) is 5.69 Å². The minimum absolute atomic E-state index is 0.0130. The number of amides is 1. The second-order valence-corrected chi connectivity index (χ2v) is 4.03. The molecule has 2 rings (SSSR count). The van der Waals surface area contributed by atoms with E-state index in [9.17, 15) is 15.0 Å². The average molecular weight is 262 g/mol. The molecule has 0 atom stereocenters. The standard InChI is InChI=1S/C12H14N4O3/c13-11(18)7-16-6-9(5-15-16)14-4-8-2-1-3-10(17)12(8)19/h1-3,5-6,14,17,19H,4,7H2,(H2,13,18). The molecule has 0 saturated carbocycles. The maximum absolute atomic E-state index is 10.7. The molecule has 0 radical (unpaired) electrons. The Hall–Kier alpha value is -2.70. The number of phenols is 2. The summed E-state index contributed by atoms with van der Waals surface area (Å²) in [6.07, 6.45) is 3.17. The molecule has 1 heterocycles. The number of phenolic OH excluding ortho intramolecular Hbond substituents is 2. The molecule has 0 aliphatic carbocycles. The summed E-state index contributed by atoms with van der Waals surface area (Å²) in [7, 11) is 0.